The lowest BCUT2D eigenvalue weighted by molar-refractivity contribution is -0.379. The van der Waals surface area contributed by atoms with Gasteiger partial charge in [0.15, 0.2) is 18.9 Å². The van der Waals surface area contributed by atoms with Crippen molar-refractivity contribution in [1.82, 2.24) is 5.32 Å². The van der Waals surface area contributed by atoms with E-state index in [9.17, 15) is 61.0 Å². The van der Waals surface area contributed by atoms with E-state index in [1.807, 2.05) is 6.08 Å². The number of carbonyl (C=O) groups excluding carboxylic acids is 1. The van der Waals surface area contributed by atoms with Crippen LogP contribution in [0.15, 0.2) is 36.5 Å². The van der Waals surface area contributed by atoms with Crippen LogP contribution in [-0.2, 0) is 33.2 Å². The van der Waals surface area contributed by atoms with Gasteiger partial charge in [-0.15, -0.1) is 0 Å². The molecule has 3 rings (SSSR count). The van der Waals surface area contributed by atoms with E-state index < -0.39 is 124 Å². The van der Waals surface area contributed by atoms with Gasteiger partial charge in [-0.2, -0.15) is 0 Å². The number of carbonyl (C=O) groups is 1. The molecule has 17 unspecified atom stereocenters. The maximum atomic E-state index is 13.5. The van der Waals surface area contributed by atoms with Crippen molar-refractivity contribution in [1.29, 1.82) is 0 Å². The van der Waals surface area contributed by atoms with Crippen LogP contribution >= 0.6 is 0 Å². The van der Waals surface area contributed by atoms with Crippen molar-refractivity contribution in [2.75, 3.05) is 26.4 Å². The number of unbranched alkanes of at least 4 members (excludes halogenated alkanes) is 49. The fraction of sp³-hybridized carbons (Fsp3) is 0.917. The summed E-state index contributed by atoms with van der Waals surface area (Å²) in [4.78, 5) is 13.5. The van der Waals surface area contributed by atoms with Gasteiger partial charge >= 0.3 is 0 Å². The molecule has 0 bridgehead atoms. The monoisotopic (exact) mass is 1470 g/mol. The normalized spacial score (nSPS) is 26.2. The zero-order valence-corrected chi connectivity index (χ0v) is 65.1. The fourth-order valence-corrected chi connectivity index (χ4v) is 14.6. The smallest absolute Gasteiger partial charge is 0.220 e. The van der Waals surface area contributed by atoms with Gasteiger partial charge in [-0.05, 0) is 51.4 Å². The summed E-state index contributed by atoms with van der Waals surface area (Å²) in [6, 6.07) is -0.973. The second kappa shape index (κ2) is 64.8. The predicted molar refractivity (Wildman–Crippen MR) is 411 cm³/mol. The molecule has 1 amide bonds. The van der Waals surface area contributed by atoms with Gasteiger partial charge in [-0.25, -0.2) is 0 Å². The van der Waals surface area contributed by atoms with Gasteiger partial charge in [0.1, 0.15) is 73.2 Å². The Morgan fingerprint density at radius 1 is 0.350 bits per heavy atom. The third-order valence-corrected chi connectivity index (χ3v) is 21.4. The van der Waals surface area contributed by atoms with E-state index in [-0.39, 0.29) is 18.9 Å². The summed E-state index contributed by atoms with van der Waals surface area (Å²) in [5.41, 5.74) is 0. The Bertz CT molecular complexity index is 2000. The van der Waals surface area contributed by atoms with Crippen molar-refractivity contribution in [3.8, 4) is 0 Å². The zero-order valence-electron chi connectivity index (χ0n) is 65.1. The van der Waals surface area contributed by atoms with Crippen molar-refractivity contribution in [2.45, 2.75) is 465 Å². The lowest BCUT2D eigenvalue weighted by atomic mass is 9.96. The van der Waals surface area contributed by atoms with Crippen LogP contribution in [0.5, 0.6) is 0 Å². The highest BCUT2D eigenvalue weighted by Crippen LogP contribution is 2.33. The molecule has 103 heavy (non-hydrogen) atoms. The van der Waals surface area contributed by atoms with Crippen molar-refractivity contribution in [2.24, 2.45) is 0 Å². The Hall–Kier alpha value is -1.99. The number of amides is 1. The summed E-state index contributed by atoms with van der Waals surface area (Å²) in [7, 11) is 0. The Kier molecular flexibility index (Phi) is 59.9. The molecule has 0 spiro atoms. The summed E-state index contributed by atoms with van der Waals surface area (Å²) in [5, 5.41) is 121. The predicted octanol–water partition coefficient (Wildman–Crippen LogP) is 15.1. The molecule has 3 aliphatic heterocycles. The molecule has 19 heteroatoms. The topological polar surface area (TPSA) is 307 Å². The van der Waals surface area contributed by atoms with E-state index >= 15 is 0 Å². The summed E-state index contributed by atoms with van der Waals surface area (Å²) < 4.78 is 34.5. The van der Waals surface area contributed by atoms with E-state index in [2.05, 4.69) is 43.5 Å². The lowest BCUT2D eigenvalue weighted by Crippen LogP contribution is -2.66. The molecule has 0 saturated carbocycles. The SMILES string of the molecule is CCCCCCC/C=C\C/C=C\CCCCCCCCCCCCCCCCCCCCCCCCCC(=O)NC(COC1OC(CO)C(OC2OC(CO)C(OC3OC(CO)C(O)C(O)C3O)C(O)C2O)C(O)C1O)C(O)/C=C/CCCCCCCCCCCCCCCCCCCCCCC. The molecule has 0 aromatic carbocycles. The average molecular weight is 1470 g/mol. The number of ether oxygens (including phenoxy) is 6. The molecule has 19 nitrogen and oxygen atoms in total. The van der Waals surface area contributed by atoms with Gasteiger partial charge in [-0.3, -0.25) is 4.79 Å². The average Bonchev–Trinajstić information content (AvgIpc) is 0.781. The van der Waals surface area contributed by atoms with Crippen LogP contribution in [0.2, 0.25) is 0 Å². The van der Waals surface area contributed by atoms with E-state index in [1.165, 1.54) is 283 Å². The summed E-state index contributed by atoms with van der Waals surface area (Å²) >= 11 is 0. The minimum Gasteiger partial charge on any atom is -0.394 e. The summed E-state index contributed by atoms with van der Waals surface area (Å²) in [6.07, 6.45) is 54.3. The van der Waals surface area contributed by atoms with Crippen LogP contribution < -0.4 is 5.32 Å². The highest BCUT2D eigenvalue weighted by Gasteiger charge is 2.54. The molecule has 0 aliphatic carbocycles. The maximum absolute atomic E-state index is 13.5. The third-order valence-electron chi connectivity index (χ3n) is 21.4. The van der Waals surface area contributed by atoms with Gasteiger partial charge in [0, 0.05) is 6.42 Å². The first kappa shape index (κ1) is 95.2. The van der Waals surface area contributed by atoms with Gasteiger partial charge in [0.25, 0.3) is 0 Å². The highest BCUT2D eigenvalue weighted by atomic mass is 16.8. The lowest BCUT2D eigenvalue weighted by Gasteiger charge is -2.48. The molecule has 12 N–H and O–H groups in total. The Morgan fingerprint density at radius 3 is 0.990 bits per heavy atom. The molecule has 0 aromatic heterocycles. The highest BCUT2D eigenvalue weighted by molar-refractivity contribution is 5.76. The Labute approximate surface area is 625 Å². The number of rotatable bonds is 69. The number of hydrogen-bond acceptors (Lipinski definition) is 18. The second-order valence-electron chi connectivity index (χ2n) is 30.6. The summed E-state index contributed by atoms with van der Waals surface area (Å²) in [6.45, 7) is 1.78. The van der Waals surface area contributed by atoms with E-state index in [0.717, 1.165) is 51.4 Å². The quantitative estimate of drug-likeness (QED) is 0.0199. The number of aliphatic hydroxyl groups excluding tert-OH is 11. The molecule has 0 aromatic rings. The van der Waals surface area contributed by atoms with E-state index in [0.29, 0.717) is 6.42 Å². The molecule has 3 heterocycles. The van der Waals surface area contributed by atoms with E-state index in [1.54, 1.807) is 6.08 Å². The van der Waals surface area contributed by atoms with Crippen LogP contribution in [0.1, 0.15) is 361 Å². The molecule has 606 valence electrons. The maximum Gasteiger partial charge on any atom is 0.220 e. The van der Waals surface area contributed by atoms with Crippen LogP contribution in [0.3, 0.4) is 0 Å². The third kappa shape index (κ3) is 44.5. The molecule has 3 aliphatic rings. The second-order valence-corrected chi connectivity index (χ2v) is 30.6. The number of hydrogen-bond donors (Lipinski definition) is 12. The molecule has 3 saturated heterocycles. The minimum atomic E-state index is -1.98. The van der Waals surface area contributed by atoms with Crippen molar-refractivity contribution < 1.29 is 89.4 Å². The molecule has 17 atom stereocenters. The molecular formula is C84H157NO18. The standard InChI is InChI=1S/C84H157NO18/c1-3-5-7-9-11-13-15-17-19-21-23-25-27-28-29-30-31-32-33-34-35-36-37-38-40-42-44-46-48-50-52-54-56-58-60-62-72(90)85-67(68(89)61-59-57-55-53-51-49-47-45-43-41-39-26-24-22-20-18-16-14-12-10-8-6-4-2)66-98-82-78(96)75(93)80(70(64-87)100-82)103-84-79(97)76(94)81(71(65-88)101-84)102-83-77(95)74(92)73(91)69(63-86)99-83/h15,17,21,23,59,61,67-71,73-84,86-89,91-97H,3-14,16,18-20,22,24-58,60,62-66H2,1-2H3,(H,85,90)/b17-15-,23-21-,61-59+. The zero-order chi connectivity index (χ0) is 74.6. The van der Waals surface area contributed by atoms with Crippen molar-refractivity contribution in [3.05, 3.63) is 36.5 Å². The number of allylic oxidation sites excluding steroid dienone is 5. The van der Waals surface area contributed by atoms with Gasteiger partial charge in [-0.1, -0.05) is 339 Å². The Balaban J connectivity index is 1.33. The Morgan fingerprint density at radius 2 is 0.641 bits per heavy atom. The van der Waals surface area contributed by atoms with Crippen LogP contribution in [0.4, 0.5) is 0 Å². The minimum absolute atomic E-state index is 0.248. The number of aliphatic hydroxyl groups is 11. The number of nitrogens with one attached hydrogen (secondary N) is 1. The van der Waals surface area contributed by atoms with Crippen molar-refractivity contribution in [3.63, 3.8) is 0 Å². The van der Waals surface area contributed by atoms with Crippen LogP contribution in [0, 0.1) is 0 Å². The first-order valence-corrected chi connectivity index (χ1v) is 42.7. The van der Waals surface area contributed by atoms with E-state index in [4.69, 9.17) is 28.4 Å². The van der Waals surface area contributed by atoms with Gasteiger partial charge in [0.05, 0.1) is 38.6 Å². The molecule has 0 radical (unpaired) electrons. The molecular weight excluding hydrogens is 1310 g/mol. The fourth-order valence-electron chi connectivity index (χ4n) is 14.6. The summed E-state index contributed by atoms with van der Waals surface area (Å²) in [5.74, 6) is -0.268. The van der Waals surface area contributed by atoms with Crippen LogP contribution in [-0.4, -0.2) is 193 Å². The van der Waals surface area contributed by atoms with Crippen LogP contribution in [0.25, 0.3) is 0 Å². The van der Waals surface area contributed by atoms with Gasteiger partial charge in [0.2, 0.25) is 5.91 Å². The largest absolute Gasteiger partial charge is 0.394 e. The first-order valence-electron chi connectivity index (χ1n) is 42.7. The van der Waals surface area contributed by atoms with Gasteiger partial charge < -0.3 is 89.9 Å². The first-order chi connectivity index (χ1) is 50.3. The van der Waals surface area contributed by atoms with Crippen molar-refractivity contribution >= 4 is 5.91 Å². The molecule has 3 fully saturated rings.